The Bertz CT molecular complexity index is 473. The summed E-state index contributed by atoms with van der Waals surface area (Å²) in [5.74, 6) is 1.01. The molecule has 0 aliphatic heterocycles. The van der Waals surface area contributed by atoms with Gasteiger partial charge < -0.3 is 0 Å². The van der Waals surface area contributed by atoms with E-state index in [-0.39, 0.29) is 5.75 Å². The van der Waals surface area contributed by atoms with Crippen LogP contribution in [0.4, 0.5) is 0 Å². The van der Waals surface area contributed by atoms with Crippen molar-refractivity contribution >= 4 is 9.84 Å². The Hall–Kier alpha value is -0.840. The van der Waals surface area contributed by atoms with Gasteiger partial charge >= 0.3 is 0 Å². The Balaban J connectivity index is 1.82. The number of rotatable bonds is 5. The largest absolute Gasteiger partial charge is 0.274 e. The molecule has 5 heteroatoms. The molecule has 0 aromatic carbocycles. The molecule has 4 nitrogen and oxygen atoms in total. The molecule has 18 heavy (non-hydrogen) atoms. The molecule has 1 aromatic heterocycles. The van der Waals surface area contributed by atoms with Gasteiger partial charge in [-0.1, -0.05) is 32.1 Å². The van der Waals surface area contributed by atoms with Crippen LogP contribution < -0.4 is 0 Å². The van der Waals surface area contributed by atoms with Crippen molar-refractivity contribution in [3.63, 3.8) is 0 Å². The maximum atomic E-state index is 12.0. The Labute approximate surface area is 109 Å². The first-order chi connectivity index (χ1) is 8.58. The smallest absolute Gasteiger partial charge is 0.181 e. The number of hydrogen-bond acceptors (Lipinski definition) is 3. The highest BCUT2D eigenvalue weighted by Crippen LogP contribution is 2.27. The summed E-state index contributed by atoms with van der Waals surface area (Å²) in [4.78, 5) is 0.355. The van der Waals surface area contributed by atoms with Gasteiger partial charge in [-0.3, -0.25) is 4.68 Å². The molecule has 1 fully saturated rings. The molecular formula is C13H22N2O2S. The van der Waals surface area contributed by atoms with Crippen LogP contribution in [0.1, 0.15) is 44.9 Å². The lowest BCUT2D eigenvalue weighted by Crippen LogP contribution is -2.10. The van der Waals surface area contributed by atoms with Crippen molar-refractivity contribution in [1.82, 2.24) is 9.78 Å². The minimum atomic E-state index is -3.12. The maximum Gasteiger partial charge on any atom is 0.181 e. The van der Waals surface area contributed by atoms with Gasteiger partial charge in [-0.25, -0.2) is 8.42 Å². The molecule has 1 saturated carbocycles. The van der Waals surface area contributed by atoms with Crippen LogP contribution in [0.25, 0.3) is 0 Å². The molecule has 1 heterocycles. The molecule has 0 unspecified atom stereocenters. The fourth-order valence-electron chi connectivity index (χ4n) is 2.72. The van der Waals surface area contributed by atoms with E-state index in [1.807, 2.05) is 0 Å². The van der Waals surface area contributed by atoms with Crippen LogP contribution in [-0.4, -0.2) is 24.0 Å². The van der Waals surface area contributed by atoms with Gasteiger partial charge in [0.2, 0.25) is 0 Å². The second kappa shape index (κ2) is 5.87. The van der Waals surface area contributed by atoms with Crippen molar-refractivity contribution in [2.75, 3.05) is 5.75 Å². The summed E-state index contributed by atoms with van der Waals surface area (Å²) in [7, 11) is -1.39. The van der Waals surface area contributed by atoms with E-state index in [1.165, 1.54) is 43.0 Å². The monoisotopic (exact) mass is 270 g/mol. The summed E-state index contributed by atoms with van der Waals surface area (Å²) >= 11 is 0. The van der Waals surface area contributed by atoms with Gasteiger partial charge in [0.05, 0.1) is 11.9 Å². The summed E-state index contributed by atoms with van der Waals surface area (Å²) in [5, 5.41) is 3.92. The fraction of sp³-hybridized carbons (Fsp3) is 0.769. The highest BCUT2D eigenvalue weighted by atomic mass is 32.2. The number of nitrogens with zero attached hydrogens (tertiary/aromatic N) is 2. The third-order valence-corrected chi connectivity index (χ3v) is 5.55. The topological polar surface area (TPSA) is 52.0 Å². The molecule has 0 spiro atoms. The van der Waals surface area contributed by atoms with Crippen LogP contribution in [0.15, 0.2) is 17.3 Å². The van der Waals surface area contributed by atoms with Crippen molar-refractivity contribution < 1.29 is 8.42 Å². The molecule has 1 aromatic rings. The lowest BCUT2D eigenvalue weighted by molar-refractivity contribution is 0.337. The third kappa shape index (κ3) is 3.57. The number of aromatic nitrogens is 2. The van der Waals surface area contributed by atoms with E-state index in [9.17, 15) is 8.42 Å². The molecule has 102 valence electrons. The van der Waals surface area contributed by atoms with Crippen LogP contribution in [0.3, 0.4) is 0 Å². The average Bonchev–Trinajstić information content (AvgIpc) is 2.78. The summed E-state index contributed by atoms with van der Waals surface area (Å²) in [6.07, 6.45) is 11.4. The summed E-state index contributed by atoms with van der Waals surface area (Å²) in [6, 6.07) is 0. The zero-order valence-corrected chi connectivity index (χ0v) is 11.8. The second-order valence-corrected chi connectivity index (χ2v) is 7.42. The average molecular weight is 270 g/mol. The molecular weight excluding hydrogens is 248 g/mol. The first kappa shape index (κ1) is 13.6. The van der Waals surface area contributed by atoms with Crippen LogP contribution in [-0.2, 0) is 16.9 Å². The Morgan fingerprint density at radius 1 is 1.33 bits per heavy atom. The van der Waals surface area contributed by atoms with Crippen molar-refractivity contribution in [1.29, 1.82) is 0 Å². The Morgan fingerprint density at radius 3 is 2.67 bits per heavy atom. The first-order valence-corrected chi connectivity index (χ1v) is 8.44. The van der Waals surface area contributed by atoms with Gasteiger partial charge in [0.15, 0.2) is 9.84 Å². The molecule has 0 atom stereocenters. The minimum Gasteiger partial charge on any atom is -0.274 e. The van der Waals surface area contributed by atoms with E-state index in [0.29, 0.717) is 4.90 Å². The number of hydrogen-bond donors (Lipinski definition) is 0. The minimum absolute atomic E-state index is 0.259. The van der Waals surface area contributed by atoms with E-state index in [0.717, 1.165) is 18.8 Å². The molecule has 0 amide bonds. The normalized spacial score (nSPS) is 18.1. The van der Waals surface area contributed by atoms with E-state index < -0.39 is 9.84 Å². The number of aryl methyl sites for hydroxylation is 1. The predicted octanol–water partition coefficient (Wildman–Crippen LogP) is 2.55. The molecule has 2 rings (SSSR count). The summed E-state index contributed by atoms with van der Waals surface area (Å²) in [6.45, 7) is 0. The molecule has 0 bridgehead atoms. The highest BCUT2D eigenvalue weighted by molar-refractivity contribution is 7.91. The van der Waals surface area contributed by atoms with Crippen LogP contribution in [0.5, 0.6) is 0 Å². The molecule has 1 aliphatic rings. The van der Waals surface area contributed by atoms with Gasteiger partial charge in [-0.05, 0) is 18.8 Å². The van der Waals surface area contributed by atoms with Crippen molar-refractivity contribution in [2.24, 2.45) is 13.0 Å². The Kier molecular flexibility index (Phi) is 4.43. The Morgan fingerprint density at radius 2 is 2.06 bits per heavy atom. The van der Waals surface area contributed by atoms with E-state index >= 15 is 0 Å². The van der Waals surface area contributed by atoms with Gasteiger partial charge in [0.25, 0.3) is 0 Å². The summed E-state index contributed by atoms with van der Waals surface area (Å²) in [5.41, 5.74) is 0. The van der Waals surface area contributed by atoms with Crippen LogP contribution in [0.2, 0.25) is 0 Å². The highest BCUT2D eigenvalue weighted by Gasteiger charge is 2.18. The number of sulfone groups is 1. The van der Waals surface area contributed by atoms with Gasteiger partial charge in [-0.2, -0.15) is 5.10 Å². The third-order valence-electron chi connectivity index (χ3n) is 3.79. The maximum absolute atomic E-state index is 12.0. The van der Waals surface area contributed by atoms with Gasteiger partial charge in [-0.15, -0.1) is 0 Å². The lowest BCUT2D eigenvalue weighted by Gasteiger charge is -2.21. The van der Waals surface area contributed by atoms with Gasteiger partial charge in [0, 0.05) is 13.2 Å². The zero-order chi connectivity index (χ0) is 13.0. The summed E-state index contributed by atoms with van der Waals surface area (Å²) < 4.78 is 25.6. The molecule has 0 N–H and O–H groups in total. The van der Waals surface area contributed by atoms with Crippen molar-refractivity contribution in [2.45, 2.75) is 49.8 Å². The molecule has 0 saturated heterocycles. The van der Waals surface area contributed by atoms with E-state index in [1.54, 1.807) is 13.2 Å². The first-order valence-electron chi connectivity index (χ1n) is 6.79. The van der Waals surface area contributed by atoms with E-state index in [4.69, 9.17) is 0 Å². The second-order valence-electron chi connectivity index (χ2n) is 5.31. The molecule has 0 radical (unpaired) electrons. The predicted molar refractivity (Wildman–Crippen MR) is 71.1 cm³/mol. The SMILES string of the molecule is Cn1cc(S(=O)(=O)CCCC2CCCCC2)cn1. The quantitative estimate of drug-likeness (QED) is 0.826. The van der Waals surface area contributed by atoms with E-state index in [2.05, 4.69) is 5.10 Å². The fourth-order valence-corrected chi connectivity index (χ4v) is 4.02. The molecule has 1 aliphatic carbocycles. The van der Waals surface area contributed by atoms with Crippen LogP contribution in [0, 0.1) is 5.92 Å². The zero-order valence-electron chi connectivity index (χ0n) is 11.0. The van der Waals surface area contributed by atoms with Crippen molar-refractivity contribution in [3.8, 4) is 0 Å². The lowest BCUT2D eigenvalue weighted by atomic mass is 9.86. The van der Waals surface area contributed by atoms with Crippen LogP contribution >= 0.6 is 0 Å². The van der Waals surface area contributed by atoms with Crippen molar-refractivity contribution in [3.05, 3.63) is 12.4 Å². The standard InChI is InChI=1S/C13H22N2O2S/c1-15-11-13(10-14-15)18(16,17)9-5-8-12-6-3-2-4-7-12/h10-12H,2-9H2,1H3. The van der Waals surface area contributed by atoms with Gasteiger partial charge in [0.1, 0.15) is 4.90 Å².